The van der Waals surface area contributed by atoms with Gasteiger partial charge < -0.3 is 20.7 Å². The van der Waals surface area contributed by atoms with Gasteiger partial charge in [-0.2, -0.15) is 5.26 Å². The fourth-order valence-corrected chi connectivity index (χ4v) is 5.61. The van der Waals surface area contributed by atoms with Gasteiger partial charge >= 0.3 is 0 Å². The Balaban J connectivity index is 1.77. The first-order valence-corrected chi connectivity index (χ1v) is 14.6. The SMILES string of the molecule is C=C[C@@H](C[C@H](O)[C@H](CC1CCCCC1)NC(=O)[C@H](Cc1cnc[nH]1)NC(=O)C(C#N)Cc1ccccc1)C(C)C. The van der Waals surface area contributed by atoms with E-state index in [2.05, 4.69) is 47.1 Å². The molecule has 1 aromatic heterocycles. The number of rotatable bonds is 15. The van der Waals surface area contributed by atoms with Gasteiger partial charge in [0, 0.05) is 18.3 Å². The molecule has 5 atom stereocenters. The third-order valence-electron chi connectivity index (χ3n) is 8.14. The van der Waals surface area contributed by atoms with Crippen LogP contribution in [0.2, 0.25) is 0 Å². The molecule has 0 aliphatic heterocycles. The molecular formula is C32H45N5O3. The molecule has 1 aliphatic carbocycles. The lowest BCUT2D eigenvalue weighted by Gasteiger charge is -2.33. The van der Waals surface area contributed by atoms with Gasteiger partial charge in [0.05, 0.1) is 24.5 Å². The van der Waals surface area contributed by atoms with E-state index in [1.54, 1.807) is 6.20 Å². The Hall–Kier alpha value is -3.44. The van der Waals surface area contributed by atoms with E-state index in [0.29, 0.717) is 30.4 Å². The molecule has 1 saturated carbocycles. The number of amides is 2. The van der Waals surface area contributed by atoms with Gasteiger partial charge in [-0.3, -0.25) is 9.59 Å². The summed E-state index contributed by atoms with van der Waals surface area (Å²) in [5.41, 5.74) is 1.56. The maximum atomic E-state index is 13.7. The van der Waals surface area contributed by atoms with Crippen molar-refractivity contribution in [1.82, 2.24) is 20.6 Å². The summed E-state index contributed by atoms with van der Waals surface area (Å²) in [6.45, 7) is 8.15. The Labute approximate surface area is 238 Å². The minimum atomic E-state index is -0.942. The highest BCUT2D eigenvalue weighted by atomic mass is 16.3. The molecule has 2 aromatic rings. The normalized spacial score (nSPS) is 17.7. The van der Waals surface area contributed by atoms with Gasteiger partial charge in [0.15, 0.2) is 0 Å². The zero-order chi connectivity index (χ0) is 28.9. The van der Waals surface area contributed by atoms with E-state index in [4.69, 9.17) is 0 Å². The van der Waals surface area contributed by atoms with Crippen molar-refractivity contribution in [3.63, 3.8) is 0 Å². The summed E-state index contributed by atoms with van der Waals surface area (Å²) < 4.78 is 0. The van der Waals surface area contributed by atoms with E-state index < -0.39 is 30.0 Å². The number of hydrogen-bond donors (Lipinski definition) is 4. The van der Waals surface area contributed by atoms with Crippen LogP contribution in [0.4, 0.5) is 0 Å². The number of H-pyrrole nitrogens is 1. The Morgan fingerprint density at radius 3 is 2.48 bits per heavy atom. The highest BCUT2D eigenvalue weighted by molar-refractivity contribution is 5.89. The Kier molecular flexibility index (Phi) is 12.4. The van der Waals surface area contributed by atoms with Crippen molar-refractivity contribution < 1.29 is 14.7 Å². The van der Waals surface area contributed by atoms with Crippen molar-refractivity contribution in [3.8, 4) is 6.07 Å². The van der Waals surface area contributed by atoms with Crippen LogP contribution in [-0.2, 0) is 22.4 Å². The van der Waals surface area contributed by atoms with Crippen molar-refractivity contribution in [2.75, 3.05) is 0 Å². The Bertz CT molecular complexity index is 1090. The predicted octanol–water partition coefficient (Wildman–Crippen LogP) is 4.48. The maximum absolute atomic E-state index is 13.7. The molecule has 0 bridgehead atoms. The number of carbonyl (C=O) groups excluding carboxylic acids is 2. The number of nitrogens with zero attached hydrogens (tertiary/aromatic N) is 2. The van der Waals surface area contributed by atoms with Gasteiger partial charge in [0.25, 0.3) is 0 Å². The number of aromatic amines is 1. The standard InChI is InChI=1S/C32H45N5O3/c1-4-25(22(2)3)17-30(38)28(16-24-13-9-6-10-14-24)36-32(40)29(18-27-20-34-21-35-27)37-31(39)26(19-33)15-23-11-7-5-8-12-23/h4-5,7-8,11-12,20-22,24-26,28-30,38H,1,6,9-10,13-18H2,2-3H3,(H,34,35)(H,36,40)(H,37,39)/t25-,26?,28-,29-,30-/m0/s1. The second kappa shape index (κ2) is 16.0. The highest BCUT2D eigenvalue weighted by Gasteiger charge is 2.32. The van der Waals surface area contributed by atoms with Crippen LogP contribution in [0.1, 0.15) is 70.1 Å². The monoisotopic (exact) mass is 547 g/mol. The molecule has 8 nitrogen and oxygen atoms in total. The Morgan fingerprint density at radius 1 is 1.15 bits per heavy atom. The molecule has 40 heavy (non-hydrogen) atoms. The fraction of sp³-hybridized carbons (Fsp3) is 0.562. The van der Waals surface area contributed by atoms with Crippen LogP contribution in [0, 0.1) is 35.0 Å². The quantitative estimate of drug-likeness (QED) is 0.244. The summed E-state index contributed by atoms with van der Waals surface area (Å²) in [7, 11) is 0. The number of allylic oxidation sites excluding steroid dienone is 1. The lowest BCUT2D eigenvalue weighted by molar-refractivity contribution is -0.131. The summed E-state index contributed by atoms with van der Waals surface area (Å²) in [6.07, 6.45) is 11.6. The number of nitrogens with one attached hydrogen (secondary N) is 3. The van der Waals surface area contributed by atoms with Crippen LogP contribution in [0.5, 0.6) is 0 Å². The van der Waals surface area contributed by atoms with Crippen molar-refractivity contribution >= 4 is 11.8 Å². The molecule has 216 valence electrons. The smallest absolute Gasteiger partial charge is 0.243 e. The minimum Gasteiger partial charge on any atom is -0.391 e. The first kappa shape index (κ1) is 31.1. The number of carbonyl (C=O) groups is 2. The zero-order valence-electron chi connectivity index (χ0n) is 23.9. The van der Waals surface area contributed by atoms with E-state index in [9.17, 15) is 20.0 Å². The third kappa shape index (κ3) is 9.63. The van der Waals surface area contributed by atoms with E-state index in [-0.39, 0.29) is 24.7 Å². The molecule has 0 radical (unpaired) electrons. The van der Waals surface area contributed by atoms with Crippen LogP contribution >= 0.6 is 0 Å². The van der Waals surface area contributed by atoms with Crippen molar-refractivity contribution in [1.29, 1.82) is 5.26 Å². The van der Waals surface area contributed by atoms with Crippen molar-refractivity contribution in [2.24, 2.45) is 23.7 Å². The number of benzene rings is 1. The molecule has 1 aromatic carbocycles. The molecule has 3 rings (SSSR count). The lowest BCUT2D eigenvalue weighted by atomic mass is 9.81. The van der Waals surface area contributed by atoms with E-state index in [0.717, 1.165) is 31.2 Å². The molecule has 0 saturated heterocycles. The van der Waals surface area contributed by atoms with Crippen molar-refractivity contribution in [2.45, 2.75) is 89.8 Å². The van der Waals surface area contributed by atoms with Crippen LogP contribution in [0.25, 0.3) is 0 Å². The van der Waals surface area contributed by atoms with Gasteiger partial charge in [-0.1, -0.05) is 82.4 Å². The Morgan fingerprint density at radius 2 is 1.88 bits per heavy atom. The van der Waals surface area contributed by atoms with Crippen molar-refractivity contribution in [3.05, 3.63) is 66.8 Å². The number of aromatic nitrogens is 2. The van der Waals surface area contributed by atoms with Crippen LogP contribution in [0.3, 0.4) is 0 Å². The third-order valence-corrected chi connectivity index (χ3v) is 8.14. The number of hydrogen-bond acceptors (Lipinski definition) is 5. The summed E-state index contributed by atoms with van der Waals surface area (Å²) in [6, 6.07) is 10.1. The zero-order valence-corrected chi connectivity index (χ0v) is 23.9. The molecule has 8 heteroatoms. The van der Waals surface area contributed by atoms with Gasteiger partial charge in [-0.05, 0) is 42.6 Å². The number of imidazole rings is 1. The van der Waals surface area contributed by atoms with Gasteiger partial charge in [-0.25, -0.2) is 4.98 Å². The molecule has 1 heterocycles. The fourth-order valence-electron chi connectivity index (χ4n) is 5.61. The van der Waals surface area contributed by atoms with Crippen LogP contribution < -0.4 is 10.6 Å². The first-order valence-electron chi connectivity index (χ1n) is 14.6. The summed E-state index contributed by atoms with van der Waals surface area (Å²) in [5, 5.41) is 27.0. The van der Waals surface area contributed by atoms with Crippen LogP contribution in [-0.4, -0.2) is 45.1 Å². The number of aliphatic hydroxyl groups excluding tert-OH is 1. The van der Waals surface area contributed by atoms with E-state index >= 15 is 0 Å². The van der Waals surface area contributed by atoms with Gasteiger partial charge in [0.2, 0.25) is 11.8 Å². The largest absolute Gasteiger partial charge is 0.391 e. The number of nitriles is 1. The van der Waals surface area contributed by atoms with E-state index in [1.165, 1.54) is 12.7 Å². The minimum absolute atomic E-state index is 0.121. The molecule has 1 aliphatic rings. The topological polar surface area (TPSA) is 131 Å². The second-order valence-corrected chi connectivity index (χ2v) is 11.5. The molecule has 2 amide bonds. The van der Waals surface area contributed by atoms with Gasteiger partial charge in [0.1, 0.15) is 12.0 Å². The summed E-state index contributed by atoms with van der Waals surface area (Å²) in [4.78, 5) is 34.0. The van der Waals surface area contributed by atoms with Gasteiger partial charge in [-0.15, -0.1) is 6.58 Å². The summed E-state index contributed by atoms with van der Waals surface area (Å²) in [5.74, 6) is -0.943. The average molecular weight is 548 g/mol. The van der Waals surface area contributed by atoms with Crippen LogP contribution in [0.15, 0.2) is 55.5 Å². The maximum Gasteiger partial charge on any atom is 0.243 e. The molecule has 4 N–H and O–H groups in total. The van der Waals surface area contributed by atoms with E-state index in [1.807, 2.05) is 36.4 Å². The lowest BCUT2D eigenvalue weighted by Crippen LogP contribution is -2.55. The molecule has 1 fully saturated rings. The molecule has 1 unspecified atom stereocenters. The molecule has 0 spiro atoms. The molecular weight excluding hydrogens is 502 g/mol. The first-order chi connectivity index (χ1) is 19.3. The number of aliphatic hydroxyl groups is 1. The predicted molar refractivity (Wildman–Crippen MR) is 156 cm³/mol. The highest BCUT2D eigenvalue weighted by Crippen LogP contribution is 2.30. The average Bonchev–Trinajstić information content (AvgIpc) is 3.47. The second-order valence-electron chi connectivity index (χ2n) is 11.5. The summed E-state index contributed by atoms with van der Waals surface area (Å²) >= 11 is 0.